The van der Waals surface area contributed by atoms with Gasteiger partial charge in [0.1, 0.15) is 12.2 Å². The van der Waals surface area contributed by atoms with Crippen LogP contribution < -0.4 is 5.90 Å². The number of aliphatic hydroxyl groups excluding tert-OH is 3. The van der Waals surface area contributed by atoms with Crippen LogP contribution in [0.4, 0.5) is 0 Å². The second-order valence-corrected chi connectivity index (χ2v) is 2.50. The Morgan fingerprint density at radius 3 is 2.07 bits per heavy atom. The van der Waals surface area contributed by atoms with Gasteiger partial charge in [-0.2, -0.15) is 0 Å². The van der Waals surface area contributed by atoms with Crippen molar-refractivity contribution in [3.63, 3.8) is 0 Å². The average molecular weight is 209 g/mol. The molecule has 8 nitrogen and oxygen atoms in total. The van der Waals surface area contributed by atoms with E-state index in [1.54, 1.807) is 0 Å². The quantitative estimate of drug-likeness (QED) is 0.224. The van der Waals surface area contributed by atoms with Gasteiger partial charge in [0.25, 0.3) is 0 Å². The fraction of sp³-hybridized carbons (Fsp3) is 0.667. The van der Waals surface area contributed by atoms with Crippen LogP contribution in [0, 0.1) is 0 Å². The lowest BCUT2D eigenvalue weighted by Crippen LogP contribution is -2.49. The Labute approximate surface area is 78.5 Å². The number of hydrogen-bond acceptors (Lipinski definition) is 7. The Morgan fingerprint density at radius 2 is 1.79 bits per heavy atom. The first kappa shape index (κ1) is 12.9. The van der Waals surface area contributed by atoms with Crippen molar-refractivity contribution < 1.29 is 34.9 Å². The summed E-state index contributed by atoms with van der Waals surface area (Å²) in [5.74, 6) is 2.83. The number of carboxylic acids is 1. The summed E-state index contributed by atoms with van der Waals surface area (Å²) < 4.78 is 0. The number of aliphatic hydroxyl groups is 3. The van der Waals surface area contributed by atoms with E-state index in [2.05, 4.69) is 10.7 Å². The van der Waals surface area contributed by atoms with Crippen molar-refractivity contribution in [1.82, 2.24) is 0 Å². The second kappa shape index (κ2) is 5.62. The summed E-state index contributed by atoms with van der Waals surface area (Å²) in [4.78, 5) is 24.3. The van der Waals surface area contributed by atoms with Crippen LogP contribution in [0.15, 0.2) is 0 Å². The van der Waals surface area contributed by atoms with Crippen LogP contribution in [0.2, 0.25) is 0 Å². The molecule has 0 aliphatic rings. The number of hydrogen-bond donors (Lipinski definition) is 5. The Balaban J connectivity index is 4.43. The summed E-state index contributed by atoms with van der Waals surface area (Å²) in [5.41, 5.74) is 0. The van der Waals surface area contributed by atoms with E-state index in [9.17, 15) is 9.59 Å². The smallest absolute Gasteiger partial charge is 0.335 e. The predicted octanol–water partition coefficient (Wildman–Crippen LogP) is -3.39. The summed E-state index contributed by atoms with van der Waals surface area (Å²) in [6, 6.07) is 0. The van der Waals surface area contributed by atoms with E-state index < -0.39 is 30.4 Å². The number of carboxylic acid groups (broad SMARTS) is 1. The predicted molar refractivity (Wildman–Crippen MR) is 40.8 cm³/mol. The van der Waals surface area contributed by atoms with Crippen LogP contribution in [-0.4, -0.2) is 57.1 Å². The highest BCUT2D eigenvalue weighted by atomic mass is 16.6. The highest BCUT2D eigenvalue weighted by molar-refractivity contribution is 5.73. The van der Waals surface area contributed by atoms with Gasteiger partial charge in [-0.05, 0) is 0 Å². The van der Waals surface area contributed by atoms with Crippen LogP contribution in [0.1, 0.15) is 0 Å². The summed E-state index contributed by atoms with van der Waals surface area (Å²) >= 11 is 0. The van der Waals surface area contributed by atoms with Gasteiger partial charge in [-0.15, -0.1) is 0 Å². The molecule has 0 aromatic carbocycles. The first-order valence-corrected chi connectivity index (χ1v) is 3.53. The van der Waals surface area contributed by atoms with Gasteiger partial charge in [-0.3, -0.25) is 4.84 Å². The molecule has 0 aliphatic carbocycles. The van der Waals surface area contributed by atoms with Crippen LogP contribution in [0.3, 0.4) is 0 Å². The normalized spacial score (nSPS) is 19.4. The Morgan fingerprint density at radius 1 is 1.29 bits per heavy atom. The van der Waals surface area contributed by atoms with E-state index in [1.807, 2.05) is 0 Å². The second-order valence-electron chi connectivity index (χ2n) is 2.50. The molecule has 0 radical (unpaired) electrons. The van der Waals surface area contributed by atoms with E-state index in [-0.39, 0.29) is 6.29 Å². The Kier molecular flexibility index (Phi) is 5.20. The fourth-order valence-electron chi connectivity index (χ4n) is 0.720. The van der Waals surface area contributed by atoms with Crippen LogP contribution in [-0.2, 0) is 14.4 Å². The molecule has 0 unspecified atom stereocenters. The Bertz CT molecular complexity index is 202. The molecule has 82 valence electrons. The van der Waals surface area contributed by atoms with E-state index >= 15 is 0 Å². The van der Waals surface area contributed by atoms with Gasteiger partial charge in [0.05, 0.1) is 0 Å². The minimum absolute atomic E-state index is 0.0719. The third-order valence-electron chi connectivity index (χ3n) is 1.55. The number of nitrogens with two attached hydrogens (primary N) is 1. The van der Waals surface area contributed by atoms with Gasteiger partial charge >= 0.3 is 5.97 Å². The maximum absolute atomic E-state index is 10.2. The topological polar surface area (TPSA) is 150 Å². The standard InChI is InChI=1S/C6H11NO7/c7-14-2(1-8)3(9)4(10)5(11)6(12)13/h1-5,9-11H,7H2,(H,12,13)/t2-,3+,4+,5-/m0/s1. The molecule has 0 rings (SSSR count). The largest absolute Gasteiger partial charge is 0.479 e. The SMILES string of the molecule is NO[C@@H](C=O)[C@@H](O)[C@@H](O)[C@H](O)C(=O)O. The summed E-state index contributed by atoms with van der Waals surface area (Å²) in [7, 11) is 0. The van der Waals surface area contributed by atoms with Crippen LogP contribution in [0.5, 0.6) is 0 Å². The van der Waals surface area contributed by atoms with Crippen LogP contribution in [0.25, 0.3) is 0 Å². The summed E-state index contributed by atoms with van der Waals surface area (Å²) in [6.07, 6.45) is -7.72. The maximum Gasteiger partial charge on any atom is 0.335 e. The zero-order valence-electron chi connectivity index (χ0n) is 6.98. The molecule has 6 N–H and O–H groups in total. The van der Waals surface area contributed by atoms with Gasteiger partial charge in [-0.25, -0.2) is 10.7 Å². The molecule has 4 atom stereocenters. The van der Waals surface area contributed by atoms with Crippen molar-refractivity contribution in [1.29, 1.82) is 0 Å². The van der Waals surface area contributed by atoms with Gasteiger partial charge in [-0.1, -0.05) is 0 Å². The van der Waals surface area contributed by atoms with Gasteiger partial charge in [0, 0.05) is 0 Å². The van der Waals surface area contributed by atoms with Crippen molar-refractivity contribution in [3.8, 4) is 0 Å². The number of rotatable bonds is 6. The van der Waals surface area contributed by atoms with Gasteiger partial charge in [0.2, 0.25) is 0 Å². The first-order chi connectivity index (χ1) is 6.45. The molecular formula is C6H11NO7. The summed E-state index contributed by atoms with van der Waals surface area (Å²) in [6.45, 7) is 0. The number of carbonyl (C=O) groups is 2. The molecule has 0 spiro atoms. The van der Waals surface area contributed by atoms with Gasteiger partial charge < -0.3 is 25.2 Å². The molecule has 0 aromatic rings. The monoisotopic (exact) mass is 209 g/mol. The molecule has 0 bridgehead atoms. The van der Waals surface area contributed by atoms with Crippen molar-refractivity contribution >= 4 is 12.3 Å². The van der Waals surface area contributed by atoms with Crippen molar-refractivity contribution in [2.45, 2.75) is 24.4 Å². The van der Waals surface area contributed by atoms with Crippen molar-refractivity contribution in [2.75, 3.05) is 0 Å². The highest BCUT2D eigenvalue weighted by Crippen LogP contribution is 2.05. The maximum atomic E-state index is 10.2. The zero-order chi connectivity index (χ0) is 11.3. The van der Waals surface area contributed by atoms with E-state index in [0.29, 0.717) is 0 Å². The molecule has 0 fully saturated rings. The summed E-state index contributed by atoms with van der Waals surface area (Å²) in [5, 5.41) is 35.1. The third-order valence-corrected chi connectivity index (χ3v) is 1.55. The van der Waals surface area contributed by atoms with Crippen LogP contribution >= 0.6 is 0 Å². The molecule has 0 aromatic heterocycles. The first-order valence-electron chi connectivity index (χ1n) is 3.53. The highest BCUT2D eigenvalue weighted by Gasteiger charge is 2.35. The molecule has 0 saturated carbocycles. The fourth-order valence-corrected chi connectivity index (χ4v) is 0.720. The van der Waals surface area contributed by atoms with E-state index in [1.165, 1.54) is 0 Å². The number of aldehydes is 1. The molecule has 0 aliphatic heterocycles. The lowest BCUT2D eigenvalue weighted by molar-refractivity contribution is -0.167. The number of aliphatic carboxylic acids is 1. The van der Waals surface area contributed by atoms with E-state index in [4.69, 9.17) is 20.4 Å². The third kappa shape index (κ3) is 3.01. The Hall–Kier alpha value is -1.06. The average Bonchev–Trinajstić information content (AvgIpc) is 2.17. The number of carbonyl (C=O) groups excluding carboxylic acids is 1. The molecule has 14 heavy (non-hydrogen) atoms. The molecular weight excluding hydrogens is 198 g/mol. The van der Waals surface area contributed by atoms with Crippen molar-refractivity contribution in [3.05, 3.63) is 0 Å². The van der Waals surface area contributed by atoms with Gasteiger partial charge in [0.15, 0.2) is 18.5 Å². The minimum Gasteiger partial charge on any atom is -0.479 e. The lowest BCUT2D eigenvalue weighted by atomic mass is 10.0. The minimum atomic E-state index is -2.22. The van der Waals surface area contributed by atoms with E-state index in [0.717, 1.165) is 0 Å². The van der Waals surface area contributed by atoms with Crippen molar-refractivity contribution in [2.24, 2.45) is 5.90 Å². The lowest BCUT2D eigenvalue weighted by Gasteiger charge is -2.22. The molecule has 0 heterocycles. The molecule has 0 amide bonds. The zero-order valence-corrected chi connectivity index (χ0v) is 6.98. The molecule has 0 saturated heterocycles. The molecule has 8 heteroatoms.